The van der Waals surface area contributed by atoms with Crippen molar-refractivity contribution >= 4 is 0 Å². The minimum atomic E-state index is 0.703. The van der Waals surface area contributed by atoms with E-state index in [9.17, 15) is 0 Å². The Labute approximate surface area is 130 Å². The molecule has 0 spiro atoms. The van der Waals surface area contributed by atoms with Crippen LogP contribution in [0, 0.1) is 11.3 Å². The largest absolute Gasteiger partial charge is 0.261 e. The van der Waals surface area contributed by atoms with Crippen LogP contribution in [-0.4, -0.2) is 4.98 Å². The number of nitrogens with zero attached hydrogens (tertiary/aromatic N) is 2. The molecule has 106 valence electrons. The van der Waals surface area contributed by atoms with Crippen LogP contribution in [0.25, 0.3) is 11.1 Å². The molecule has 0 N–H and O–H groups in total. The summed E-state index contributed by atoms with van der Waals surface area (Å²) < 4.78 is 0. The molecular formula is C20H16N2. The Balaban J connectivity index is 1.65. The first-order chi connectivity index (χ1) is 10.8. The van der Waals surface area contributed by atoms with Crippen LogP contribution in [0.4, 0.5) is 0 Å². The molecule has 0 aliphatic heterocycles. The summed E-state index contributed by atoms with van der Waals surface area (Å²) in [6.45, 7) is 0. The summed E-state index contributed by atoms with van der Waals surface area (Å²) in [6.07, 6.45) is 3.77. The van der Waals surface area contributed by atoms with Gasteiger partial charge in [0.1, 0.15) is 0 Å². The van der Waals surface area contributed by atoms with E-state index in [2.05, 4.69) is 35.3 Å². The molecule has 0 radical (unpaired) electrons. The summed E-state index contributed by atoms with van der Waals surface area (Å²) in [6, 6.07) is 24.4. The van der Waals surface area contributed by atoms with Gasteiger partial charge in [0.15, 0.2) is 0 Å². The van der Waals surface area contributed by atoms with E-state index in [0.29, 0.717) is 5.56 Å². The summed E-state index contributed by atoms with van der Waals surface area (Å²) in [5.74, 6) is 0. The van der Waals surface area contributed by atoms with Gasteiger partial charge < -0.3 is 0 Å². The van der Waals surface area contributed by atoms with Crippen molar-refractivity contribution in [2.24, 2.45) is 0 Å². The van der Waals surface area contributed by atoms with Crippen molar-refractivity contribution in [1.82, 2.24) is 4.98 Å². The average Bonchev–Trinajstić information content (AvgIpc) is 2.61. The van der Waals surface area contributed by atoms with E-state index in [1.54, 1.807) is 0 Å². The van der Waals surface area contributed by atoms with Crippen molar-refractivity contribution in [1.29, 1.82) is 5.26 Å². The molecule has 3 rings (SSSR count). The Morgan fingerprint density at radius 2 is 1.55 bits per heavy atom. The van der Waals surface area contributed by atoms with Gasteiger partial charge in [-0.1, -0.05) is 48.5 Å². The molecule has 0 aliphatic rings. The third-order valence-corrected chi connectivity index (χ3v) is 3.68. The molecule has 0 saturated carbocycles. The van der Waals surface area contributed by atoms with Crippen molar-refractivity contribution in [3.63, 3.8) is 0 Å². The summed E-state index contributed by atoms with van der Waals surface area (Å²) in [5, 5.41) is 8.80. The van der Waals surface area contributed by atoms with E-state index in [0.717, 1.165) is 24.1 Å². The van der Waals surface area contributed by atoms with Gasteiger partial charge in [0, 0.05) is 17.5 Å². The molecule has 0 aliphatic carbocycles. The van der Waals surface area contributed by atoms with Gasteiger partial charge in [-0.05, 0) is 42.2 Å². The quantitative estimate of drug-likeness (QED) is 0.711. The Morgan fingerprint density at radius 1 is 0.773 bits per heavy atom. The summed E-state index contributed by atoms with van der Waals surface area (Å²) in [5.41, 5.74) is 5.35. The maximum absolute atomic E-state index is 8.80. The van der Waals surface area contributed by atoms with Crippen LogP contribution in [0.5, 0.6) is 0 Å². The highest BCUT2D eigenvalue weighted by Crippen LogP contribution is 2.18. The fourth-order valence-corrected chi connectivity index (χ4v) is 2.39. The van der Waals surface area contributed by atoms with Crippen LogP contribution in [0.2, 0.25) is 0 Å². The molecule has 0 atom stereocenters. The lowest BCUT2D eigenvalue weighted by Gasteiger charge is -2.04. The number of hydrogen-bond acceptors (Lipinski definition) is 2. The first kappa shape index (κ1) is 14.0. The Hall–Kier alpha value is -2.92. The van der Waals surface area contributed by atoms with Gasteiger partial charge in [-0.3, -0.25) is 4.98 Å². The molecule has 0 amide bonds. The second-order valence-electron chi connectivity index (χ2n) is 5.21. The first-order valence-corrected chi connectivity index (χ1v) is 7.34. The normalized spacial score (nSPS) is 10.1. The van der Waals surface area contributed by atoms with Gasteiger partial charge in [-0.15, -0.1) is 0 Å². The van der Waals surface area contributed by atoms with E-state index in [1.807, 2.05) is 48.7 Å². The van der Waals surface area contributed by atoms with E-state index >= 15 is 0 Å². The first-order valence-electron chi connectivity index (χ1n) is 7.34. The Bertz CT molecular complexity index is 767. The van der Waals surface area contributed by atoms with Gasteiger partial charge in [0.05, 0.1) is 11.6 Å². The maximum Gasteiger partial charge on any atom is 0.0991 e. The lowest BCUT2D eigenvalue weighted by Crippen LogP contribution is -1.94. The molecule has 22 heavy (non-hydrogen) atoms. The molecule has 3 aromatic rings. The maximum atomic E-state index is 8.80. The highest BCUT2D eigenvalue weighted by molar-refractivity contribution is 5.62. The third-order valence-electron chi connectivity index (χ3n) is 3.68. The number of aryl methyl sites for hydroxylation is 2. The zero-order chi connectivity index (χ0) is 15.2. The SMILES string of the molecule is N#Cc1ccc(CCc2ccc(-c3ccccc3)cn2)cc1. The molecule has 0 saturated heterocycles. The van der Waals surface area contributed by atoms with Gasteiger partial charge in [0.2, 0.25) is 0 Å². The smallest absolute Gasteiger partial charge is 0.0991 e. The average molecular weight is 284 g/mol. The second kappa shape index (κ2) is 6.69. The topological polar surface area (TPSA) is 36.7 Å². The summed E-state index contributed by atoms with van der Waals surface area (Å²) in [7, 11) is 0. The minimum Gasteiger partial charge on any atom is -0.261 e. The van der Waals surface area contributed by atoms with Crippen LogP contribution >= 0.6 is 0 Å². The standard InChI is InChI=1S/C20H16N2/c21-14-17-8-6-16(7-9-17)10-12-20-13-11-19(15-22-20)18-4-2-1-3-5-18/h1-9,11,13,15H,10,12H2. The van der Waals surface area contributed by atoms with Crippen LogP contribution in [0.15, 0.2) is 72.9 Å². The molecule has 0 fully saturated rings. The van der Waals surface area contributed by atoms with Gasteiger partial charge in [0.25, 0.3) is 0 Å². The lowest BCUT2D eigenvalue weighted by molar-refractivity contribution is 0.914. The molecule has 2 aromatic carbocycles. The molecule has 2 nitrogen and oxygen atoms in total. The van der Waals surface area contributed by atoms with Crippen molar-refractivity contribution in [2.45, 2.75) is 12.8 Å². The van der Waals surface area contributed by atoms with Crippen molar-refractivity contribution in [3.8, 4) is 17.2 Å². The highest BCUT2D eigenvalue weighted by Gasteiger charge is 2.00. The number of aromatic nitrogens is 1. The molecule has 1 heterocycles. The molecule has 1 aromatic heterocycles. The number of pyridine rings is 1. The third kappa shape index (κ3) is 3.39. The van der Waals surface area contributed by atoms with Crippen molar-refractivity contribution < 1.29 is 0 Å². The Kier molecular flexibility index (Phi) is 4.27. The number of benzene rings is 2. The zero-order valence-electron chi connectivity index (χ0n) is 12.2. The molecule has 0 unspecified atom stereocenters. The zero-order valence-corrected chi connectivity index (χ0v) is 12.2. The lowest BCUT2D eigenvalue weighted by atomic mass is 10.0. The van der Waals surface area contributed by atoms with Gasteiger partial charge >= 0.3 is 0 Å². The number of nitriles is 1. The summed E-state index contributed by atoms with van der Waals surface area (Å²) in [4.78, 5) is 4.55. The van der Waals surface area contributed by atoms with E-state index in [1.165, 1.54) is 11.1 Å². The molecular weight excluding hydrogens is 268 g/mol. The monoisotopic (exact) mass is 284 g/mol. The highest BCUT2D eigenvalue weighted by atomic mass is 14.7. The van der Waals surface area contributed by atoms with Crippen LogP contribution in [-0.2, 0) is 12.8 Å². The minimum absolute atomic E-state index is 0.703. The predicted octanol–water partition coefficient (Wildman–Crippen LogP) is 4.41. The van der Waals surface area contributed by atoms with Crippen LogP contribution < -0.4 is 0 Å². The molecule has 0 bridgehead atoms. The molecule has 2 heteroatoms. The predicted molar refractivity (Wildman–Crippen MR) is 88.2 cm³/mol. The van der Waals surface area contributed by atoms with Gasteiger partial charge in [-0.2, -0.15) is 5.26 Å². The fraction of sp³-hybridized carbons (Fsp3) is 0.100. The van der Waals surface area contributed by atoms with Crippen molar-refractivity contribution in [2.75, 3.05) is 0 Å². The fourth-order valence-electron chi connectivity index (χ4n) is 2.39. The van der Waals surface area contributed by atoms with Crippen LogP contribution in [0.1, 0.15) is 16.8 Å². The number of rotatable bonds is 4. The second-order valence-corrected chi connectivity index (χ2v) is 5.21. The van der Waals surface area contributed by atoms with E-state index in [4.69, 9.17) is 5.26 Å². The number of hydrogen-bond donors (Lipinski definition) is 0. The Morgan fingerprint density at radius 3 is 2.18 bits per heavy atom. The van der Waals surface area contributed by atoms with E-state index in [-0.39, 0.29) is 0 Å². The van der Waals surface area contributed by atoms with Gasteiger partial charge in [-0.25, -0.2) is 0 Å². The van der Waals surface area contributed by atoms with E-state index < -0.39 is 0 Å². The van der Waals surface area contributed by atoms with Crippen molar-refractivity contribution in [3.05, 3.63) is 89.7 Å². The van der Waals surface area contributed by atoms with Crippen LogP contribution in [0.3, 0.4) is 0 Å². The summed E-state index contributed by atoms with van der Waals surface area (Å²) >= 11 is 0.